The zero-order valence-electron chi connectivity index (χ0n) is 21.5. The van der Waals surface area contributed by atoms with Crippen molar-refractivity contribution in [1.29, 1.82) is 0 Å². The van der Waals surface area contributed by atoms with E-state index in [0.717, 1.165) is 10.4 Å². The maximum absolute atomic E-state index is 12.7. The van der Waals surface area contributed by atoms with Gasteiger partial charge in [0.1, 0.15) is 5.71 Å². The third kappa shape index (κ3) is 7.06. The van der Waals surface area contributed by atoms with Crippen molar-refractivity contribution < 1.29 is 24.7 Å². The number of carbonyl (C=O) groups is 1. The van der Waals surface area contributed by atoms with E-state index in [4.69, 9.17) is 14.7 Å². The van der Waals surface area contributed by atoms with E-state index in [0.29, 0.717) is 39.3 Å². The van der Waals surface area contributed by atoms with E-state index < -0.39 is 5.23 Å². The van der Waals surface area contributed by atoms with E-state index in [9.17, 15) is 10.0 Å². The lowest BCUT2D eigenvalue weighted by Crippen LogP contribution is -2.99. The predicted octanol–water partition coefficient (Wildman–Crippen LogP) is 4.46. The third-order valence-electron chi connectivity index (χ3n) is 5.57. The zero-order valence-corrected chi connectivity index (χ0v) is 22.3. The van der Waals surface area contributed by atoms with E-state index in [-0.39, 0.29) is 11.6 Å². The number of ether oxygens (including phenoxy) is 2. The van der Waals surface area contributed by atoms with Gasteiger partial charge in [0, 0.05) is 23.4 Å². The van der Waals surface area contributed by atoms with Gasteiger partial charge in [-0.2, -0.15) is 10.3 Å². The highest BCUT2D eigenvalue weighted by molar-refractivity contribution is 7.17. The second kappa shape index (κ2) is 12.8. The molecule has 0 saturated carbocycles. The third-order valence-corrected chi connectivity index (χ3v) is 6.66. The summed E-state index contributed by atoms with van der Waals surface area (Å²) in [5, 5.41) is 27.5. The van der Waals surface area contributed by atoms with Crippen molar-refractivity contribution >= 4 is 45.5 Å². The van der Waals surface area contributed by atoms with Gasteiger partial charge >= 0.3 is 0 Å². The highest BCUT2D eigenvalue weighted by Gasteiger charge is 2.14. The summed E-state index contributed by atoms with van der Waals surface area (Å²) in [6, 6.07) is 20.7. The van der Waals surface area contributed by atoms with Crippen LogP contribution in [0.2, 0.25) is 0 Å². The van der Waals surface area contributed by atoms with Crippen LogP contribution >= 0.6 is 11.3 Å². The molecule has 1 heterocycles. The van der Waals surface area contributed by atoms with Gasteiger partial charge in [0.25, 0.3) is 5.91 Å². The van der Waals surface area contributed by atoms with Crippen molar-refractivity contribution in [3.63, 3.8) is 0 Å². The summed E-state index contributed by atoms with van der Waals surface area (Å²) < 4.78 is 10.7. The number of aryl methyl sites for hydroxylation is 1. The number of hydrogen-bond donors (Lipinski definition) is 4. The second-order valence-electron chi connectivity index (χ2n) is 8.19. The number of anilines is 2. The molecule has 1 aromatic heterocycles. The molecule has 0 spiro atoms. The molecule has 39 heavy (non-hydrogen) atoms. The average Bonchev–Trinajstić information content (AvgIpc) is 3.32. The van der Waals surface area contributed by atoms with Crippen molar-refractivity contribution in [3.8, 4) is 11.5 Å². The second-order valence-corrected chi connectivity index (χ2v) is 9.19. The van der Waals surface area contributed by atoms with Gasteiger partial charge in [0.2, 0.25) is 0 Å². The van der Waals surface area contributed by atoms with Gasteiger partial charge in [0.05, 0.1) is 24.8 Å². The lowest BCUT2D eigenvalue weighted by Gasteiger charge is -2.11. The number of rotatable bonds is 10. The van der Waals surface area contributed by atoms with Crippen LogP contribution in [0.15, 0.2) is 84.0 Å². The summed E-state index contributed by atoms with van der Waals surface area (Å²) in [6.45, 7) is 1.85. The first-order chi connectivity index (χ1) is 18.9. The molecule has 0 fully saturated rings. The van der Waals surface area contributed by atoms with Gasteiger partial charge in [-0.3, -0.25) is 4.79 Å². The molecule has 11 heteroatoms. The molecule has 1 amide bonds. The lowest BCUT2D eigenvalue weighted by molar-refractivity contribution is -0.991. The predicted molar refractivity (Wildman–Crippen MR) is 151 cm³/mol. The Morgan fingerprint density at radius 2 is 1.77 bits per heavy atom. The van der Waals surface area contributed by atoms with Crippen LogP contribution in [-0.2, 0) is 0 Å². The molecule has 0 aliphatic carbocycles. The lowest BCUT2D eigenvalue weighted by atomic mass is 10.1. The van der Waals surface area contributed by atoms with Crippen LogP contribution in [0, 0.1) is 12.1 Å². The Morgan fingerprint density at radius 3 is 2.44 bits per heavy atom. The van der Waals surface area contributed by atoms with Crippen molar-refractivity contribution in [3.05, 3.63) is 106 Å². The first-order valence-electron chi connectivity index (χ1n) is 11.8. The van der Waals surface area contributed by atoms with Crippen LogP contribution in [0.3, 0.4) is 0 Å². The van der Waals surface area contributed by atoms with Crippen LogP contribution in [0.5, 0.6) is 11.5 Å². The molecule has 0 aliphatic rings. The highest BCUT2D eigenvalue weighted by atomic mass is 32.1. The van der Waals surface area contributed by atoms with E-state index in [1.807, 2.05) is 37.3 Å². The summed E-state index contributed by atoms with van der Waals surface area (Å²) in [4.78, 5) is 18.0. The molecule has 200 valence electrons. The van der Waals surface area contributed by atoms with E-state index in [1.54, 1.807) is 56.7 Å². The maximum Gasteiger partial charge on any atom is 0.271 e. The number of hydrazone groups is 1. The Morgan fingerprint density at radius 1 is 1.05 bits per heavy atom. The molecular weight excluding hydrogens is 518 g/mol. The Bertz CT molecular complexity index is 1480. The van der Waals surface area contributed by atoms with Gasteiger partial charge < -0.3 is 20.0 Å². The van der Waals surface area contributed by atoms with Crippen molar-refractivity contribution in [2.75, 3.05) is 19.5 Å². The van der Waals surface area contributed by atoms with Gasteiger partial charge in [-0.05, 0) is 55.0 Å². The molecule has 0 saturated heterocycles. The largest absolute Gasteiger partial charge is 0.595 e. The number of nitrogens with one attached hydrogen (secondary N) is 3. The summed E-state index contributed by atoms with van der Waals surface area (Å²) in [5.41, 5.74) is 6.05. The summed E-state index contributed by atoms with van der Waals surface area (Å²) in [5.74, 6) is 0.862. The van der Waals surface area contributed by atoms with Crippen molar-refractivity contribution in [1.82, 2.24) is 10.4 Å². The Labute approximate surface area is 229 Å². The number of amides is 1. The van der Waals surface area contributed by atoms with Gasteiger partial charge in [-0.1, -0.05) is 41.7 Å². The van der Waals surface area contributed by atoms with E-state index in [1.165, 1.54) is 23.5 Å². The molecular formula is C28H27N5O5S. The molecule has 4 rings (SSSR count). The number of hydrogen-bond acceptors (Lipinski definition) is 9. The maximum atomic E-state index is 12.7. The topological polar surface area (TPSA) is 133 Å². The fourth-order valence-electron chi connectivity index (χ4n) is 3.57. The van der Waals surface area contributed by atoms with Gasteiger partial charge in [-0.25, -0.2) is 15.6 Å². The fourth-order valence-corrected chi connectivity index (χ4v) is 4.52. The van der Waals surface area contributed by atoms with Gasteiger partial charge in [0.15, 0.2) is 22.3 Å². The number of benzene rings is 3. The number of carbonyl (C=O) groups excluding carboxylic acids is 1. The van der Waals surface area contributed by atoms with Crippen molar-refractivity contribution in [2.45, 2.75) is 6.92 Å². The summed E-state index contributed by atoms with van der Waals surface area (Å²) in [6.07, 6.45) is 3.64. The molecule has 0 aliphatic heterocycles. The quantitative estimate of drug-likeness (QED) is 0.171. The highest BCUT2D eigenvalue weighted by Crippen LogP contribution is 2.29. The van der Waals surface area contributed by atoms with Crippen LogP contribution in [0.25, 0.3) is 6.08 Å². The molecule has 4 aromatic rings. The number of nitrogens with zero attached hydrogens (tertiary/aromatic N) is 2. The number of methoxy groups -OCH3 is 2. The Kier molecular flexibility index (Phi) is 9.02. The van der Waals surface area contributed by atoms with Crippen LogP contribution in [-0.4, -0.2) is 36.0 Å². The number of allylic oxidation sites excluding steroid dienone is 1. The fraction of sp³-hybridized carbons (Fsp3) is 0.107. The first-order valence-corrected chi connectivity index (χ1v) is 12.6. The standard InChI is InChI=1S/C28H27N5O5S/c1-18-26(39-28(29-18)30-21-11-13-22(14-12-21)33(35)36)23(31-32-27(34)20-7-5-4-6-8-20)15-9-19-10-16-24(37-2)25(17-19)38-3/h4-17,33,35H,1-3H3,(H,29,30)(H,32,34)/b15-9+,31-23+. The summed E-state index contributed by atoms with van der Waals surface area (Å²) in [7, 11) is 3.15. The first kappa shape index (κ1) is 27.5. The van der Waals surface area contributed by atoms with Crippen LogP contribution < -0.4 is 25.4 Å². The minimum atomic E-state index is -0.992. The monoisotopic (exact) mass is 545 g/mol. The van der Waals surface area contributed by atoms with Gasteiger partial charge in [-0.15, -0.1) is 0 Å². The number of thiazole rings is 1. The van der Waals surface area contributed by atoms with Crippen LogP contribution in [0.4, 0.5) is 16.5 Å². The SMILES string of the molecule is COc1ccc(/C=C/C(=N\NC(=O)c2ccccc2)c2sc(Nc3ccc([NH+]([O-])O)cc3)nc2C)cc1OC. The molecule has 1 atom stereocenters. The number of quaternary nitrogens is 1. The summed E-state index contributed by atoms with van der Waals surface area (Å²) >= 11 is 1.35. The molecule has 0 bridgehead atoms. The Hall–Kier alpha value is -4.55. The average molecular weight is 546 g/mol. The smallest absolute Gasteiger partial charge is 0.271 e. The number of aromatic nitrogens is 1. The normalized spacial score (nSPS) is 12.3. The van der Waals surface area contributed by atoms with Crippen molar-refractivity contribution in [2.24, 2.45) is 5.10 Å². The minimum Gasteiger partial charge on any atom is -0.595 e. The van der Waals surface area contributed by atoms with Crippen LogP contribution in [0.1, 0.15) is 26.5 Å². The van der Waals surface area contributed by atoms with E-state index >= 15 is 0 Å². The molecule has 3 aromatic carbocycles. The Balaban J connectivity index is 1.63. The zero-order chi connectivity index (χ0) is 27.8. The molecule has 4 N–H and O–H groups in total. The molecule has 10 nitrogen and oxygen atoms in total. The van der Waals surface area contributed by atoms with E-state index in [2.05, 4.69) is 20.8 Å². The molecule has 1 unspecified atom stereocenters. The minimum absolute atomic E-state index is 0.195. The molecule has 0 radical (unpaired) electrons.